The van der Waals surface area contributed by atoms with Crippen LogP contribution in [0.4, 0.5) is 0 Å². The van der Waals surface area contributed by atoms with Crippen molar-refractivity contribution < 1.29 is 44.1 Å². The Labute approximate surface area is 206 Å². The van der Waals surface area contributed by atoms with Gasteiger partial charge in [-0.25, -0.2) is 9.78 Å². The van der Waals surface area contributed by atoms with E-state index >= 15 is 0 Å². The van der Waals surface area contributed by atoms with Gasteiger partial charge in [0.1, 0.15) is 18.1 Å². The van der Waals surface area contributed by atoms with E-state index in [1.807, 2.05) is 0 Å². The van der Waals surface area contributed by atoms with Crippen LogP contribution in [0.5, 0.6) is 0 Å². The molecule has 0 aliphatic heterocycles. The zero-order valence-electron chi connectivity index (χ0n) is 19.9. The van der Waals surface area contributed by atoms with Crippen LogP contribution in [0, 0.1) is 5.92 Å². The topological polar surface area (TPSA) is 254 Å². The van der Waals surface area contributed by atoms with E-state index in [1.165, 1.54) is 12.5 Å². The highest BCUT2D eigenvalue weighted by molar-refractivity contribution is 5.95. The van der Waals surface area contributed by atoms with Gasteiger partial charge in [0, 0.05) is 24.7 Å². The lowest BCUT2D eigenvalue weighted by Crippen LogP contribution is -2.58. The molecule has 0 spiro atoms. The summed E-state index contributed by atoms with van der Waals surface area (Å²) in [4.78, 5) is 78.3. The number of nitrogens with two attached hydrogens (primary N) is 1. The van der Waals surface area contributed by atoms with Gasteiger partial charge in [0.15, 0.2) is 0 Å². The molecule has 1 aromatic rings. The maximum absolute atomic E-state index is 13.1. The Bertz CT molecular complexity index is 936. The molecular formula is C21H32N6O9. The average Bonchev–Trinajstić information content (AvgIpc) is 3.31. The number of aromatic amines is 1. The summed E-state index contributed by atoms with van der Waals surface area (Å²) in [5.74, 6) is -7.07. The standard InChI is InChI=1S/C21H32N6O9/c1-3-10(2)17(21(35)36)27-19(33)13(4-5-15(28)29)25-20(34)14(6-11-8-23-9-24-11)26-18(32)12(22)7-16(30)31/h8-10,12-14,17H,3-7,22H2,1-2H3,(H,23,24)(H,25,34)(H,26,32)(H,27,33)(H,28,29)(H,30,31)(H,35,36). The lowest BCUT2D eigenvalue weighted by atomic mass is 9.98. The number of aromatic nitrogens is 2. The second-order valence-corrected chi connectivity index (χ2v) is 8.25. The molecule has 1 heterocycles. The molecule has 3 amide bonds. The molecule has 0 radical (unpaired) electrons. The van der Waals surface area contributed by atoms with E-state index in [9.17, 15) is 33.9 Å². The van der Waals surface area contributed by atoms with E-state index in [2.05, 4.69) is 25.9 Å². The van der Waals surface area contributed by atoms with Crippen molar-refractivity contribution >= 4 is 35.6 Å². The van der Waals surface area contributed by atoms with Gasteiger partial charge in [0.05, 0.1) is 18.8 Å². The molecule has 5 unspecified atom stereocenters. The van der Waals surface area contributed by atoms with E-state index in [0.717, 1.165) is 0 Å². The number of nitrogens with zero attached hydrogens (tertiary/aromatic N) is 1. The van der Waals surface area contributed by atoms with Crippen LogP contribution in [0.25, 0.3) is 0 Å². The van der Waals surface area contributed by atoms with Crippen LogP contribution in [-0.4, -0.2) is 85.1 Å². The van der Waals surface area contributed by atoms with Gasteiger partial charge in [0.25, 0.3) is 0 Å². The summed E-state index contributed by atoms with van der Waals surface area (Å²) in [5, 5.41) is 34.3. The highest BCUT2D eigenvalue weighted by atomic mass is 16.4. The summed E-state index contributed by atoms with van der Waals surface area (Å²) in [6.45, 7) is 3.34. The van der Waals surface area contributed by atoms with Crippen LogP contribution < -0.4 is 21.7 Å². The molecule has 15 nitrogen and oxygen atoms in total. The van der Waals surface area contributed by atoms with Crippen LogP contribution in [0.3, 0.4) is 0 Å². The van der Waals surface area contributed by atoms with Gasteiger partial charge in [-0.3, -0.25) is 24.0 Å². The third kappa shape index (κ3) is 10.1. The highest BCUT2D eigenvalue weighted by Crippen LogP contribution is 2.10. The number of H-pyrrole nitrogens is 1. The average molecular weight is 513 g/mol. The zero-order chi connectivity index (χ0) is 27.4. The second-order valence-electron chi connectivity index (χ2n) is 8.25. The summed E-state index contributed by atoms with van der Waals surface area (Å²) in [7, 11) is 0. The van der Waals surface area contributed by atoms with Gasteiger partial charge in [-0.1, -0.05) is 20.3 Å². The highest BCUT2D eigenvalue weighted by Gasteiger charge is 2.32. The molecule has 1 aromatic heterocycles. The van der Waals surface area contributed by atoms with Gasteiger partial charge >= 0.3 is 17.9 Å². The fraction of sp³-hybridized carbons (Fsp3) is 0.571. The van der Waals surface area contributed by atoms with Crippen molar-refractivity contribution in [3.8, 4) is 0 Å². The van der Waals surface area contributed by atoms with E-state index in [-0.39, 0.29) is 12.8 Å². The first kappa shape index (κ1) is 30.0. The number of hydrogen-bond acceptors (Lipinski definition) is 8. The number of carbonyl (C=O) groups excluding carboxylic acids is 3. The second kappa shape index (κ2) is 14.4. The van der Waals surface area contributed by atoms with Crippen LogP contribution >= 0.6 is 0 Å². The van der Waals surface area contributed by atoms with Gasteiger partial charge in [-0.2, -0.15) is 0 Å². The van der Waals surface area contributed by atoms with Crippen LogP contribution in [-0.2, 0) is 35.2 Å². The summed E-state index contributed by atoms with van der Waals surface area (Å²) >= 11 is 0. The number of nitrogens with one attached hydrogen (secondary N) is 4. The summed E-state index contributed by atoms with van der Waals surface area (Å²) in [6.07, 6.45) is 1.42. The van der Waals surface area contributed by atoms with Crippen molar-refractivity contribution in [2.45, 2.75) is 70.1 Å². The Balaban J connectivity index is 3.11. The molecule has 1 rings (SSSR count). The summed E-state index contributed by atoms with van der Waals surface area (Å²) in [5.41, 5.74) is 5.98. The maximum Gasteiger partial charge on any atom is 0.326 e. The minimum atomic E-state index is -1.46. The largest absolute Gasteiger partial charge is 0.481 e. The molecule has 0 bridgehead atoms. The Morgan fingerprint density at radius 3 is 2.08 bits per heavy atom. The first-order valence-corrected chi connectivity index (χ1v) is 11.2. The molecule has 0 aliphatic rings. The fourth-order valence-electron chi connectivity index (χ4n) is 3.13. The normalized spacial score (nSPS) is 15.0. The zero-order valence-corrected chi connectivity index (χ0v) is 19.9. The lowest BCUT2D eigenvalue weighted by Gasteiger charge is -2.26. The number of carboxylic acid groups (broad SMARTS) is 3. The smallest absolute Gasteiger partial charge is 0.326 e. The van der Waals surface area contributed by atoms with Crippen molar-refractivity contribution in [2.24, 2.45) is 11.7 Å². The minimum Gasteiger partial charge on any atom is -0.481 e. The van der Waals surface area contributed by atoms with Crippen molar-refractivity contribution in [2.75, 3.05) is 0 Å². The quantitative estimate of drug-likeness (QED) is 0.123. The van der Waals surface area contributed by atoms with Crippen LogP contribution in [0.15, 0.2) is 12.5 Å². The molecule has 0 aliphatic carbocycles. The summed E-state index contributed by atoms with van der Waals surface area (Å²) < 4.78 is 0. The number of hydrogen-bond donors (Lipinski definition) is 8. The van der Waals surface area contributed by atoms with Crippen LogP contribution in [0.1, 0.15) is 45.2 Å². The first-order chi connectivity index (χ1) is 16.8. The number of carboxylic acids is 3. The van der Waals surface area contributed by atoms with Crippen molar-refractivity contribution in [3.63, 3.8) is 0 Å². The number of amides is 3. The van der Waals surface area contributed by atoms with Crippen LogP contribution in [0.2, 0.25) is 0 Å². The molecule has 9 N–H and O–H groups in total. The Morgan fingerprint density at radius 1 is 0.972 bits per heavy atom. The van der Waals surface area contributed by atoms with Gasteiger partial charge < -0.3 is 42.0 Å². The number of carbonyl (C=O) groups is 6. The van der Waals surface area contributed by atoms with Gasteiger partial charge in [-0.05, 0) is 12.3 Å². The number of rotatable bonds is 16. The molecule has 0 saturated carbocycles. The monoisotopic (exact) mass is 512 g/mol. The van der Waals surface area contributed by atoms with Crippen molar-refractivity contribution in [1.82, 2.24) is 25.9 Å². The van der Waals surface area contributed by atoms with Gasteiger partial charge in [-0.15, -0.1) is 0 Å². The SMILES string of the molecule is CCC(C)C(NC(=O)C(CCC(=O)O)NC(=O)C(Cc1cnc[nH]1)NC(=O)C(N)CC(=O)O)C(=O)O. The predicted molar refractivity (Wildman–Crippen MR) is 122 cm³/mol. The third-order valence-electron chi connectivity index (χ3n) is 5.40. The molecule has 5 atom stereocenters. The number of imidazole rings is 1. The maximum atomic E-state index is 13.1. The van der Waals surface area contributed by atoms with Gasteiger partial charge in [0.2, 0.25) is 17.7 Å². The Morgan fingerprint density at radius 2 is 1.58 bits per heavy atom. The van der Waals surface area contributed by atoms with E-state index in [0.29, 0.717) is 12.1 Å². The van der Waals surface area contributed by atoms with Crippen molar-refractivity contribution in [3.05, 3.63) is 18.2 Å². The molecule has 36 heavy (non-hydrogen) atoms. The third-order valence-corrected chi connectivity index (χ3v) is 5.40. The molecule has 200 valence electrons. The molecule has 0 aromatic carbocycles. The Kier molecular flexibility index (Phi) is 12.0. The minimum absolute atomic E-state index is 0.144. The molecular weight excluding hydrogens is 480 g/mol. The molecule has 15 heteroatoms. The summed E-state index contributed by atoms with van der Waals surface area (Å²) in [6, 6.07) is -5.52. The van der Waals surface area contributed by atoms with E-state index in [4.69, 9.17) is 15.9 Å². The Hall–Kier alpha value is -4.01. The fourth-order valence-corrected chi connectivity index (χ4v) is 3.13. The number of aliphatic carboxylic acids is 3. The molecule has 0 saturated heterocycles. The van der Waals surface area contributed by atoms with E-state index < -0.39 is 78.6 Å². The lowest BCUT2D eigenvalue weighted by molar-refractivity contribution is -0.144. The predicted octanol–water partition coefficient (Wildman–Crippen LogP) is -1.80. The van der Waals surface area contributed by atoms with Crippen molar-refractivity contribution in [1.29, 1.82) is 0 Å². The molecule has 0 fully saturated rings. The first-order valence-electron chi connectivity index (χ1n) is 11.2. The van der Waals surface area contributed by atoms with E-state index in [1.54, 1.807) is 13.8 Å².